The Balaban J connectivity index is 1.86. The number of nitrogens with zero attached hydrogens (tertiary/aromatic N) is 1. The smallest absolute Gasteiger partial charge is 0.0327 e. The Bertz CT molecular complexity index is 421. The van der Waals surface area contributed by atoms with E-state index in [1.807, 2.05) is 0 Å². The van der Waals surface area contributed by atoms with Gasteiger partial charge in [0, 0.05) is 22.6 Å². The van der Waals surface area contributed by atoms with Crippen molar-refractivity contribution in [2.75, 3.05) is 20.6 Å². The van der Waals surface area contributed by atoms with Crippen LogP contribution in [0.1, 0.15) is 44.6 Å². The Kier molecular flexibility index (Phi) is 6.27. The Morgan fingerprint density at radius 3 is 2.33 bits per heavy atom. The first kappa shape index (κ1) is 17.0. The van der Waals surface area contributed by atoms with Gasteiger partial charge in [0.25, 0.3) is 0 Å². The van der Waals surface area contributed by atoms with Crippen LogP contribution in [0.15, 0.2) is 28.7 Å². The summed E-state index contributed by atoms with van der Waals surface area (Å²) in [5, 5.41) is 3.78. The standard InChI is InChI=1S/C18H29BrN2/c1-15(13-16-7-9-17(19)10-8-16)20-14-18(21(2)3)11-5-4-6-12-18/h7-10,15,20H,4-6,11-14H2,1-3H3. The van der Waals surface area contributed by atoms with Crippen molar-refractivity contribution in [3.8, 4) is 0 Å². The van der Waals surface area contributed by atoms with E-state index >= 15 is 0 Å². The van der Waals surface area contributed by atoms with Gasteiger partial charge in [-0.1, -0.05) is 47.3 Å². The molecule has 0 aliphatic heterocycles. The summed E-state index contributed by atoms with van der Waals surface area (Å²) in [6.07, 6.45) is 7.92. The van der Waals surface area contributed by atoms with Gasteiger partial charge in [0.15, 0.2) is 0 Å². The molecule has 1 saturated carbocycles. The first-order valence-electron chi connectivity index (χ1n) is 8.17. The molecule has 1 aliphatic carbocycles. The molecule has 0 spiro atoms. The van der Waals surface area contributed by atoms with Gasteiger partial charge in [-0.25, -0.2) is 0 Å². The van der Waals surface area contributed by atoms with E-state index in [4.69, 9.17) is 0 Å². The Labute approximate surface area is 138 Å². The van der Waals surface area contributed by atoms with Gasteiger partial charge in [-0.15, -0.1) is 0 Å². The van der Waals surface area contributed by atoms with E-state index in [0.717, 1.165) is 17.4 Å². The minimum absolute atomic E-state index is 0.367. The normalized spacial score (nSPS) is 19.7. The fourth-order valence-electron chi connectivity index (χ4n) is 3.40. The van der Waals surface area contributed by atoms with Crippen molar-refractivity contribution in [3.63, 3.8) is 0 Å². The second kappa shape index (κ2) is 7.75. The van der Waals surface area contributed by atoms with Crippen molar-refractivity contribution in [3.05, 3.63) is 34.3 Å². The molecule has 118 valence electrons. The number of rotatable bonds is 6. The molecule has 3 heteroatoms. The molecule has 1 aromatic carbocycles. The van der Waals surface area contributed by atoms with Gasteiger partial charge >= 0.3 is 0 Å². The molecule has 0 aromatic heterocycles. The topological polar surface area (TPSA) is 15.3 Å². The molecule has 1 aliphatic rings. The lowest BCUT2D eigenvalue weighted by Crippen LogP contribution is -2.54. The van der Waals surface area contributed by atoms with Crippen molar-refractivity contribution in [2.45, 2.75) is 57.0 Å². The van der Waals surface area contributed by atoms with Crippen LogP contribution in [-0.4, -0.2) is 37.1 Å². The minimum atomic E-state index is 0.367. The summed E-state index contributed by atoms with van der Waals surface area (Å²) < 4.78 is 1.15. The molecule has 2 rings (SSSR count). The largest absolute Gasteiger partial charge is 0.312 e. The maximum atomic E-state index is 3.78. The summed E-state index contributed by atoms with van der Waals surface area (Å²) in [6, 6.07) is 9.20. The van der Waals surface area contributed by atoms with Gasteiger partial charge in [-0.2, -0.15) is 0 Å². The van der Waals surface area contributed by atoms with Crippen LogP contribution in [0.3, 0.4) is 0 Å². The van der Waals surface area contributed by atoms with Crippen LogP contribution in [0.2, 0.25) is 0 Å². The number of hydrogen-bond acceptors (Lipinski definition) is 2. The average molecular weight is 353 g/mol. The molecule has 0 bridgehead atoms. The third kappa shape index (κ3) is 4.80. The highest BCUT2D eigenvalue weighted by molar-refractivity contribution is 9.10. The highest BCUT2D eigenvalue weighted by Crippen LogP contribution is 2.31. The zero-order valence-corrected chi connectivity index (χ0v) is 15.2. The third-order valence-electron chi connectivity index (χ3n) is 4.97. The van der Waals surface area contributed by atoms with E-state index in [9.17, 15) is 0 Å². The van der Waals surface area contributed by atoms with Crippen LogP contribution in [0, 0.1) is 0 Å². The lowest BCUT2D eigenvalue weighted by molar-refractivity contribution is 0.0958. The summed E-state index contributed by atoms with van der Waals surface area (Å²) in [6.45, 7) is 3.41. The summed E-state index contributed by atoms with van der Waals surface area (Å²) in [5.41, 5.74) is 1.77. The van der Waals surface area contributed by atoms with Crippen molar-refractivity contribution < 1.29 is 0 Å². The first-order valence-corrected chi connectivity index (χ1v) is 8.96. The average Bonchev–Trinajstić information content (AvgIpc) is 2.48. The highest BCUT2D eigenvalue weighted by Gasteiger charge is 2.33. The molecule has 0 heterocycles. The van der Waals surface area contributed by atoms with Gasteiger partial charge in [0.2, 0.25) is 0 Å². The monoisotopic (exact) mass is 352 g/mol. The van der Waals surface area contributed by atoms with E-state index in [0.29, 0.717) is 11.6 Å². The molecule has 0 amide bonds. The molecule has 1 unspecified atom stereocenters. The molecule has 21 heavy (non-hydrogen) atoms. The number of benzene rings is 1. The molecule has 1 fully saturated rings. The Morgan fingerprint density at radius 2 is 1.76 bits per heavy atom. The molecule has 1 aromatic rings. The second-order valence-electron chi connectivity index (χ2n) is 6.79. The van der Waals surface area contributed by atoms with Crippen molar-refractivity contribution in [2.24, 2.45) is 0 Å². The van der Waals surface area contributed by atoms with E-state index in [-0.39, 0.29) is 0 Å². The molecule has 1 atom stereocenters. The summed E-state index contributed by atoms with van der Waals surface area (Å²) in [4.78, 5) is 2.45. The highest BCUT2D eigenvalue weighted by atomic mass is 79.9. The summed E-state index contributed by atoms with van der Waals surface area (Å²) in [7, 11) is 4.48. The second-order valence-corrected chi connectivity index (χ2v) is 7.71. The maximum absolute atomic E-state index is 3.78. The lowest BCUT2D eigenvalue weighted by Gasteiger charge is -2.44. The van der Waals surface area contributed by atoms with Crippen LogP contribution in [-0.2, 0) is 6.42 Å². The van der Waals surface area contributed by atoms with Gasteiger partial charge in [-0.3, -0.25) is 0 Å². The number of halogens is 1. The van der Waals surface area contributed by atoms with Gasteiger partial charge in [0.1, 0.15) is 0 Å². The van der Waals surface area contributed by atoms with Crippen molar-refractivity contribution in [1.82, 2.24) is 10.2 Å². The summed E-state index contributed by atoms with van der Waals surface area (Å²) >= 11 is 3.50. The van der Waals surface area contributed by atoms with E-state index in [1.165, 1.54) is 37.7 Å². The van der Waals surface area contributed by atoms with Gasteiger partial charge in [-0.05, 0) is 58.0 Å². The van der Waals surface area contributed by atoms with Crippen molar-refractivity contribution >= 4 is 15.9 Å². The SMILES string of the molecule is CC(Cc1ccc(Br)cc1)NCC1(N(C)C)CCCCC1. The Morgan fingerprint density at radius 1 is 1.14 bits per heavy atom. The molecular weight excluding hydrogens is 324 g/mol. The molecule has 0 radical (unpaired) electrons. The molecule has 1 N–H and O–H groups in total. The van der Waals surface area contributed by atoms with Crippen LogP contribution in [0.4, 0.5) is 0 Å². The molecule has 0 saturated heterocycles. The number of hydrogen-bond donors (Lipinski definition) is 1. The van der Waals surface area contributed by atoms with Crippen LogP contribution in [0.5, 0.6) is 0 Å². The van der Waals surface area contributed by atoms with Gasteiger partial charge in [0.05, 0.1) is 0 Å². The summed E-state index contributed by atoms with van der Waals surface area (Å²) in [5.74, 6) is 0. The molecule has 2 nitrogen and oxygen atoms in total. The number of likely N-dealkylation sites (N-methyl/N-ethyl adjacent to an activating group) is 1. The van der Waals surface area contributed by atoms with E-state index < -0.39 is 0 Å². The minimum Gasteiger partial charge on any atom is -0.312 e. The fourth-order valence-corrected chi connectivity index (χ4v) is 3.67. The first-order chi connectivity index (χ1) is 10.0. The fraction of sp³-hybridized carbons (Fsp3) is 0.667. The van der Waals surface area contributed by atoms with Crippen LogP contribution >= 0.6 is 15.9 Å². The van der Waals surface area contributed by atoms with Crippen LogP contribution < -0.4 is 5.32 Å². The van der Waals surface area contributed by atoms with E-state index in [1.54, 1.807) is 0 Å². The number of nitrogens with one attached hydrogen (secondary N) is 1. The third-order valence-corrected chi connectivity index (χ3v) is 5.50. The maximum Gasteiger partial charge on any atom is 0.0327 e. The predicted octanol–water partition coefficient (Wildman–Crippen LogP) is 4.23. The predicted molar refractivity (Wildman–Crippen MR) is 94.8 cm³/mol. The van der Waals surface area contributed by atoms with Crippen molar-refractivity contribution in [1.29, 1.82) is 0 Å². The van der Waals surface area contributed by atoms with Gasteiger partial charge < -0.3 is 10.2 Å². The zero-order valence-electron chi connectivity index (χ0n) is 13.7. The zero-order chi connectivity index (χ0) is 15.3. The van der Waals surface area contributed by atoms with E-state index in [2.05, 4.69) is 71.4 Å². The lowest BCUT2D eigenvalue weighted by atomic mass is 9.80. The quantitative estimate of drug-likeness (QED) is 0.823. The Hall–Kier alpha value is -0.380. The molecular formula is C18H29BrN2. The van der Waals surface area contributed by atoms with Crippen LogP contribution in [0.25, 0.3) is 0 Å².